The number of hydrogen-bond donors (Lipinski definition) is 2. The van der Waals surface area contributed by atoms with Gasteiger partial charge in [-0.25, -0.2) is 9.59 Å². The Bertz CT molecular complexity index is 529. The molecule has 0 unspecified atom stereocenters. The maximum atomic E-state index is 11.6. The Morgan fingerprint density at radius 2 is 2.05 bits per heavy atom. The summed E-state index contributed by atoms with van der Waals surface area (Å²) in [6.07, 6.45) is 0.276. The summed E-state index contributed by atoms with van der Waals surface area (Å²) in [7, 11) is 1.26. The molecule has 0 bridgehead atoms. The van der Waals surface area contributed by atoms with Crippen molar-refractivity contribution in [2.75, 3.05) is 19.0 Å². The summed E-state index contributed by atoms with van der Waals surface area (Å²) in [5, 5.41) is 11.8. The second kappa shape index (κ2) is 7.49. The molecule has 0 amide bonds. The van der Waals surface area contributed by atoms with E-state index < -0.39 is 17.7 Å². The van der Waals surface area contributed by atoms with E-state index in [9.17, 15) is 14.4 Å². The number of ketones is 1. The van der Waals surface area contributed by atoms with Crippen LogP contribution >= 0.6 is 11.6 Å². The molecule has 7 heteroatoms. The van der Waals surface area contributed by atoms with Gasteiger partial charge in [-0.2, -0.15) is 0 Å². The van der Waals surface area contributed by atoms with Gasteiger partial charge in [-0.15, -0.1) is 0 Å². The molecule has 6 nitrogen and oxygen atoms in total. The third-order valence-electron chi connectivity index (χ3n) is 2.52. The van der Waals surface area contributed by atoms with Crippen molar-refractivity contribution < 1.29 is 24.2 Å². The summed E-state index contributed by atoms with van der Waals surface area (Å²) in [6, 6.07) is 4.70. The van der Waals surface area contributed by atoms with Crippen LogP contribution in [0.3, 0.4) is 0 Å². The molecule has 0 spiro atoms. The van der Waals surface area contributed by atoms with Gasteiger partial charge in [0.05, 0.1) is 12.7 Å². The summed E-state index contributed by atoms with van der Waals surface area (Å²) < 4.78 is 4.64. The van der Waals surface area contributed by atoms with E-state index in [1.54, 1.807) is 12.1 Å². The number of anilines is 1. The largest absolute Gasteiger partial charge is 0.476 e. The van der Waals surface area contributed by atoms with Gasteiger partial charge < -0.3 is 15.2 Å². The topological polar surface area (TPSA) is 92.7 Å². The number of Topliss-reactive ketones (excluding diaryl/α,β-unsaturated/α-hetero) is 1. The normalized spacial score (nSPS) is 9.90. The number of rotatable bonds is 7. The van der Waals surface area contributed by atoms with E-state index in [4.69, 9.17) is 16.7 Å². The van der Waals surface area contributed by atoms with Crippen molar-refractivity contribution in [1.82, 2.24) is 0 Å². The minimum absolute atomic E-state index is 0.0660. The van der Waals surface area contributed by atoms with Crippen molar-refractivity contribution in [3.05, 3.63) is 28.8 Å². The van der Waals surface area contributed by atoms with Crippen LogP contribution in [0.4, 0.5) is 5.69 Å². The number of carboxylic acid groups (broad SMARTS) is 1. The molecule has 0 aromatic heterocycles. The molecule has 1 aromatic carbocycles. The highest BCUT2D eigenvalue weighted by Gasteiger charge is 2.13. The molecule has 0 atom stereocenters. The van der Waals surface area contributed by atoms with Crippen molar-refractivity contribution in [1.29, 1.82) is 0 Å². The lowest BCUT2D eigenvalue weighted by molar-refractivity contribution is -0.149. The fourth-order valence-corrected chi connectivity index (χ4v) is 1.70. The highest BCUT2D eigenvalue weighted by Crippen LogP contribution is 2.21. The van der Waals surface area contributed by atoms with Crippen molar-refractivity contribution >= 4 is 35.0 Å². The summed E-state index contributed by atoms with van der Waals surface area (Å²) in [5.74, 6) is -2.81. The molecule has 1 aromatic rings. The smallest absolute Gasteiger partial charge is 0.372 e. The number of halogens is 1. The van der Waals surface area contributed by atoms with Crippen LogP contribution in [0.5, 0.6) is 0 Å². The van der Waals surface area contributed by atoms with Crippen molar-refractivity contribution in [2.45, 2.75) is 12.8 Å². The van der Waals surface area contributed by atoms with E-state index >= 15 is 0 Å². The number of hydrogen-bond acceptors (Lipinski definition) is 5. The number of carboxylic acids is 1. The lowest BCUT2D eigenvalue weighted by atomic mass is 10.1. The monoisotopic (exact) mass is 299 g/mol. The Hall–Kier alpha value is -2.08. The van der Waals surface area contributed by atoms with Crippen LogP contribution in [-0.4, -0.2) is 36.5 Å². The Labute approximate surface area is 120 Å². The highest BCUT2D eigenvalue weighted by molar-refractivity contribution is 6.32. The molecule has 0 heterocycles. The number of esters is 1. The van der Waals surface area contributed by atoms with Gasteiger partial charge in [0.25, 0.3) is 0 Å². The van der Waals surface area contributed by atoms with Crippen LogP contribution in [0.15, 0.2) is 18.2 Å². The zero-order chi connectivity index (χ0) is 15.1. The summed E-state index contributed by atoms with van der Waals surface area (Å²) in [4.78, 5) is 32.8. The Morgan fingerprint density at radius 1 is 1.35 bits per heavy atom. The van der Waals surface area contributed by atoms with Gasteiger partial charge in [0.15, 0.2) is 0 Å². The van der Waals surface area contributed by atoms with E-state index in [2.05, 4.69) is 10.1 Å². The number of carbonyl (C=O) groups is 3. The maximum absolute atomic E-state index is 11.6. The average Bonchev–Trinajstić information content (AvgIpc) is 2.43. The van der Waals surface area contributed by atoms with Crippen LogP contribution in [0.25, 0.3) is 0 Å². The molecule has 1 rings (SSSR count). The molecule has 0 radical (unpaired) electrons. The third-order valence-corrected chi connectivity index (χ3v) is 2.76. The quantitative estimate of drug-likeness (QED) is 0.454. The van der Waals surface area contributed by atoms with Gasteiger partial charge in [0, 0.05) is 23.7 Å². The Morgan fingerprint density at radius 3 is 2.65 bits per heavy atom. The van der Waals surface area contributed by atoms with Crippen LogP contribution in [0.1, 0.15) is 23.2 Å². The van der Waals surface area contributed by atoms with Crippen LogP contribution in [0.2, 0.25) is 5.02 Å². The van der Waals surface area contributed by atoms with E-state index in [0.717, 1.165) is 0 Å². The van der Waals surface area contributed by atoms with E-state index in [1.807, 2.05) is 0 Å². The number of benzene rings is 1. The number of ether oxygens (including phenoxy) is 1. The van der Waals surface area contributed by atoms with Gasteiger partial charge in [-0.1, -0.05) is 11.6 Å². The first-order valence-electron chi connectivity index (χ1n) is 5.83. The summed E-state index contributed by atoms with van der Waals surface area (Å²) in [6.45, 7) is 0.352. The Kier molecular flexibility index (Phi) is 5.99. The van der Waals surface area contributed by atoms with Gasteiger partial charge in [-0.05, 0) is 24.6 Å². The van der Waals surface area contributed by atoms with Crippen molar-refractivity contribution in [3.8, 4) is 0 Å². The lowest BCUT2D eigenvalue weighted by Crippen LogP contribution is -2.14. The van der Waals surface area contributed by atoms with E-state index in [0.29, 0.717) is 23.7 Å². The molecular weight excluding hydrogens is 286 g/mol. The highest BCUT2D eigenvalue weighted by atomic mass is 35.5. The number of aliphatic carboxylic acids is 1. The Balaban J connectivity index is 2.62. The fourth-order valence-electron chi connectivity index (χ4n) is 1.53. The minimum atomic E-state index is -1.44. The SMILES string of the molecule is COC(=O)c1cc(Cl)ccc1NCCCC(=O)C(=O)O. The molecule has 0 fully saturated rings. The first kappa shape index (κ1) is 16.0. The third kappa shape index (κ3) is 4.55. The molecule has 20 heavy (non-hydrogen) atoms. The summed E-state index contributed by atoms with van der Waals surface area (Å²) >= 11 is 5.81. The van der Waals surface area contributed by atoms with Gasteiger partial charge in [0.2, 0.25) is 5.78 Å². The first-order valence-corrected chi connectivity index (χ1v) is 6.21. The van der Waals surface area contributed by atoms with Gasteiger partial charge in [-0.3, -0.25) is 4.79 Å². The first-order chi connectivity index (χ1) is 9.45. The van der Waals surface area contributed by atoms with Crippen molar-refractivity contribution in [2.24, 2.45) is 0 Å². The number of methoxy groups -OCH3 is 1. The zero-order valence-electron chi connectivity index (χ0n) is 10.8. The molecule has 0 aliphatic rings. The zero-order valence-corrected chi connectivity index (χ0v) is 11.6. The second-order valence-electron chi connectivity index (χ2n) is 3.94. The number of nitrogens with one attached hydrogen (secondary N) is 1. The second-order valence-corrected chi connectivity index (χ2v) is 4.38. The molecule has 0 saturated carbocycles. The fraction of sp³-hybridized carbons (Fsp3) is 0.308. The molecule has 0 aliphatic heterocycles. The van der Waals surface area contributed by atoms with Crippen LogP contribution in [0, 0.1) is 0 Å². The molecular formula is C13H14ClNO5. The van der Waals surface area contributed by atoms with E-state index in [-0.39, 0.29) is 12.0 Å². The summed E-state index contributed by atoms with van der Waals surface area (Å²) in [5.41, 5.74) is 0.800. The van der Waals surface area contributed by atoms with Crippen molar-refractivity contribution in [3.63, 3.8) is 0 Å². The van der Waals surface area contributed by atoms with Gasteiger partial charge >= 0.3 is 11.9 Å². The van der Waals surface area contributed by atoms with E-state index in [1.165, 1.54) is 13.2 Å². The van der Waals surface area contributed by atoms with Crippen LogP contribution < -0.4 is 5.32 Å². The minimum Gasteiger partial charge on any atom is -0.476 e. The molecule has 108 valence electrons. The van der Waals surface area contributed by atoms with Gasteiger partial charge in [0.1, 0.15) is 0 Å². The molecule has 0 saturated heterocycles. The predicted octanol–water partition coefficient (Wildman–Crippen LogP) is 1.97. The van der Waals surface area contributed by atoms with Crippen LogP contribution in [-0.2, 0) is 14.3 Å². The lowest BCUT2D eigenvalue weighted by Gasteiger charge is -2.10. The molecule has 0 aliphatic carbocycles. The standard InChI is InChI=1S/C13H14ClNO5/c1-20-13(19)9-7-8(14)4-5-10(9)15-6-2-3-11(16)12(17)18/h4-5,7,15H,2-3,6H2,1H3,(H,17,18). The molecule has 2 N–H and O–H groups in total. The maximum Gasteiger partial charge on any atom is 0.372 e. The average molecular weight is 300 g/mol. The number of carbonyl (C=O) groups excluding carboxylic acids is 2. The predicted molar refractivity (Wildman–Crippen MR) is 73.2 cm³/mol.